The molecule has 1 fully saturated rings. The van der Waals surface area contributed by atoms with Crippen molar-refractivity contribution < 1.29 is 31.3 Å². The molecule has 3 heterocycles. The third-order valence-corrected chi connectivity index (χ3v) is 6.72. The number of carbonyl (C=O) groups excluding carboxylic acids is 1. The number of fused-ring (bicyclic) bond motifs is 1. The van der Waals surface area contributed by atoms with Gasteiger partial charge in [-0.05, 0) is 37.6 Å². The number of alkyl halides is 3. The standard InChI is InChI=1S/C21H21F3N4O4S/c1-10(25)18-17(19(29)26-11-7-8-33(30)9-11)28-20(32-18)13-3-5-14(31-2)16-12(13)4-6-15(27-16)21(22,23)24/h3-6,10-11H,7-9,25H2,1-2H3,(H,26,29)/t10-,11?,33?/m0/s1. The number of hydrogen-bond acceptors (Lipinski definition) is 7. The number of hydrogen-bond donors (Lipinski definition) is 2. The van der Waals surface area contributed by atoms with Crippen LogP contribution in [0, 0.1) is 0 Å². The third kappa shape index (κ3) is 4.58. The van der Waals surface area contributed by atoms with Gasteiger partial charge in [0.1, 0.15) is 17.0 Å². The van der Waals surface area contributed by atoms with E-state index in [1.165, 1.54) is 19.2 Å². The van der Waals surface area contributed by atoms with E-state index in [0.717, 1.165) is 6.07 Å². The number of nitrogens with two attached hydrogens (primary N) is 1. The highest BCUT2D eigenvalue weighted by Crippen LogP contribution is 2.37. The fourth-order valence-corrected chi connectivity index (χ4v) is 5.06. The van der Waals surface area contributed by atoms with Gasteiger partial charge < -0.3 is 20.2 Å². The Hall–Kier alpha value is -2.99. The molecule has 1 amide bonds. The Morgan fingerprint density at radius 2 is 2.06 bits per heavy atom. The van der Waals surface area contributed by atoms with Crippen LogP contribution in [0.4, 0.5) is 13.2 Å². The summed E-state index contributed by atoms with van der Waals surface area (Å²) in [6.07, 6.45) is -4.04. The maximum absolute atomic E-state index is 13.2. The zero-order valence-corrected chi connectivity index (χ0v) is 18.5. The summed E-state index contributed by atoms with van der Waals surface area (Å²) >= 11 is 0. The normalized spacial score (nSPS) is 19.6. The van der Waals surface area contributed by atoms with Gasteiger partial charge in [0.25, 0.3) is 5.91 Å². The topological polar surface area (TPSA) is 120 Å². The maximum Gasteiger partial charge on any atom is 0.433 e. The molecule has 0 bridgehead atoms. The molecule has 1 aliphatic rings. The van der Waals surface area contributed by atoms with Gasteiger partial charge in [0.15, 0.2) is 11.5 Å². The van der Waals surface area contributed by atoms with Gasteiger partial charge in [0.2, 0.25) is 5.89 Å². The number of halogens is 3. The Morgan fingerprint density at radius 1 is 1.30 bits per heavy atom. The van der Waals surface area contributed by atoms with Gasteiger partial charge in [0.05, 0.1) is 13.2 Å². The second-order valence-electron chi connectivity index (χ2n) is 7.70. The first-order valence-corrected chi connectivity index (χ1v) is 11.5. The molecule has 0 aliphatic carbocycles. The van der Waals surface area contributed by atoms with E-state index in [1.54, 1.807) is 13.0 Å². The van der Waals surface area contributed by atoms with E-state index < -0.39 is 34.6 Å². The predicted octanol–water partition coefficient (Wildman–Crippen LogP) is 3.19. The monoisotopic (exact) mass is 482 g/mol. The van der Waals surface area contributed by atoms with Gasteiger partial charge in [-0.1, -0.05) is 0 Å². The Labute approximate surface area is 189 Å². The largest absolute Gasteiger partial charge is 0.494 e. The van der Waals surface area contributed by atoms with Crippen molar-refractivity contribution in [2.45, 2.75) is 31.6 Å². The molecule has 0 saturated carbocycles. The molecule has 0 spiro atoms. The molecule has 3 aromatic rings. The van der Waals surface area contributed by atoms with Crippen molar-refractivity contribution in [2.24, 2.45) is 5.73 Å². The molecule has 1 aliphatic heterocycles. The van der Waals surface area contributed by atoms with Gasteiger partial charge in [-0.25, -0.2) is 9.97 Å². The van der Waals surface area contributed by atoms with E-state index in [-0.39, 0.29) is 34.7 Å². The van der Waals surface area contributed by atoms with Gasteiger partial charge >= 0.3 is 6.18 Å². The summed E-state index contributed by atoms with van der Waals surface area (Å²) in [5, 5.41) is 3.10. The fourth-order valence-electron chi connectivity index (χ4n) is 3.65. The van der Waals surface area contributed by atoms with Crippen LogP contribution in [0.3, 0.4) is 0 Å². The average molecular weight is 482 g/mol. The van der Waals surface area contributed by atoms with Gasteiger partial charge in [0, 0.05) is 39.3 Å². The summed E-state index contributed by atoms with van der Waals surface area (Å²) in [6.45, 7) is 1.62. The molecule has 8 nitrogen and oxygen atoms in total. The number of amides is 1. The highest BCUT2D eigenvalue weighted by Gasteiger charge is 2.33. The van der Waals surface area contributed by atoms with E-state index in [1.807, 2.05) is 0 Å². The van der Waals surface area contributed by atoms with Crippen molar-refractivity contribution >= 4 is 27.6 Å². The zero-order valence-electron chi connectivity index (χ0n) is 17.7. The summed E-state index contributed by atoms with van der Waals surface area (Å²) in [4.78, 5) is 20.9. The van der Waals surface area contributed by atoms with Crippen LogP contribution in [-0.4, -0.2) is 44.7 Å². The molecule has 2 aromatic heterocycles. The van der Waals surface area contributed by atoms with E-state index in [2.05, 4.69) is 15.3 Å². The number of aromatic nitrogens is 2. The summed E-state index contributed by atoms with van der Waals surface area (Å²) in [7, 11) is 0.354. The van der Waals surface area contributed by atoms with Crippen LogP contribution >= 0.6 is 0 Å². The second kappa shape index (κ2) is 8.75. The number of nitrogens with one attached hydrogen (secondary N) is 1. The molecule has 1 aromatic carbocycles. The molecule has 2 unspecified atom stereocenters. The van der Waals surface area contributed by atoms with Crippen molar-refractivity contribution in [3.05, 3.63) is 41.4 Å². The van der Waals surface area contributed by atoms with Crippen LogP contribution in [0.15, 0.2) is 28.7 Å². The molecule has 1 saturated heterocycles. The number of pyridine rings is 1. The van der Waals surface area contributed by atoms with E-state index >= 15 is 0 Å². The number of nitrogens with zero attached hydrogens (tertiary/aromatic N) is 2. The number of methoxy groups -OCH3 is 1. The molecule has 176 valence electrons. The van der Waals surface area contributed by atoms with E-state index in [0.29, 0.717) is 28.9 Å². The number of ether oxygens (including phenoxy) is 1. The van der Waals surface area contributed by atoms with Crippen LogP contribution < -0.4 is 15.8 Å². The number of rotatable bonds is 5. The summed E-state index contributed by atoms with van der Waals surface area (Å²) in [5.41, 5.74) is 5.19. The minimum Gasteiger partial charge on any atom is -0.494 e. The Balaban J connectivity index is 1.79. The van der Waals surface area contributed by atoms with Crippen LogP contribution in [-0.2, 0) is 17.0 Å². The van der Waals surface area contributed by atoms with Crippen molar-refractivity contribution in [2.75, 3.05) is 18.6 Å². The minimum absolute atomic E-state index is 0.0108. The minimum atomic E-state index is -4.63. The third-order valence-electron chi connectivity index (χ3n) is 5.26. The number of carbonyl (C=O) groups is 1. The smallest absolute Gasteiger partial charge is 0.433 e. The highest BCUT2D eigenvalue weighted by atomic mass is 32.2. The maximum atomic E-state index is 13.2. The molecular weight excluding hydrogens is 461 g/mol. The van der Waals surface area contributed by atoms with E-state index in [4.69, 9.17) is 14.9 Å². The predicted molar refractivity (Wildman–Crippen MR) is 115 cm³/mol. The van der Waals surface area contributed by atoms with Crippen molar-refractivity contribution in [3.63, 3.8) is 0 Å². The highest BCUT2D eigenvalue weighted by molar-refractivity contribution is 7.85. The molecule has 33 heavy (non-hydrogen) atoms. The first kappa shape index (κ1) is 23.2. The van der Waals surface area contributed by atoms with Crippen molar-refractivity contribution in [1.29, 1.82) is 0 Å². The van der Waals surface area contributed by atoms with Gasteiger partial charge in [-0.3, -0.25) is 9.00 Å². The number of oxazole rings is 1. The van der Waals surface area contributed by atoms with E-state index in [9.17, 15) is 22.2 Å². The summed E-state index contributed by atoms with van der Waals surface area (Å²) in [6, 6.07) is 4.21. The van der Waals surface area contributed by atoms with Gasteiger partial charge in [-0.15, -0.1) is 0 Å². The quantitative estimate of drug-likeness (QED) is 0.573. The molecule has 3 N–H and O–H groups in total. The van der Waals surface area contributed by atoms with Crippen LogP contribution in [0.25, 0.3) is 22.4 Å². The van der Waals surface area contributed by atoms with Crippen molar-refractivity contribution in [3.8, 4) is 17.2 Å². The Kier molecular flexibility index (Phi) is 6.14. The Bertz CT molecular complexity index is 1240. The van der Waals surface area contributed by atoms with Crippen LogP contribution in [0.5, 0.6) is 5.75 Å². The first-order valence-electron chi connectivity index (χ1n) is 10.1. The molecule has 4 rings (SSSR count). The summed E-state index contributed by atoms with van der Waals surface area (Å²) < 4.78 is 62.2. The molecule has 3 atom stereocenters. The zero-order chi connectivity index (χ0) is 23.9. The molecule has 0 radical (unpaired) electrons. The van der Waals surface area contributed by atoms with Crippen LogP contribution in [0.2, 0.25) is 0 Å². The lowest BCUT2D eigenvalue weighted by molar-refractivity contribution is -0.140. The second-order valence-corrected chi connectivity index (χ2v) is 9.32. The molecule has 12 heteroatoms. The lowest BCUT2D eigenvalue weighted by atomic mass is 10.1. The first-order chi connectivity index (χ1) is 15.6. The Morgan fingerprint density at radius 3 is 2.67 bits per heavy atom. The lowest BCUT2D eigenvalue weighted by Gasteiger charge is -2.11. The van der Waals surface area contributed by atoms with Crippen molar-refractivity contribution in [1.82, 2.24) is 15.3 Å². The molecular formula is C21H21F3N4O4S. The van der Waals surface area contributed by atoms with Crippen LogP contribution in [0.1, 0.15) is 41.3 Å². The lowest BCUT2D eigenvalue weighted by Crippen LogP contribution is -2.36. The van der Waals surface area contributed by atoms with Gasteiger partial charge in [-0.2, -0.15) is 13.2 Å². The SMILES string of the molecule is COc1ccc(-c2nc(C(=O)NC3CCS(=O)C3)c([C@H](C)N)o2)c2ccc(C(F)(F)F)nc12. The average Bonchev–Trinajstić information content (AvgIpc) is 3.38. The summed E-state index contributed by atoms with van der Waals surface area (Å²) in [5.74, 6) is 0.643. The number of benzene rings is 1. The fraction of sp³-hybridized carbons (Fsp3) is 0.381.